The highest BCUT2D eigenvalue weighted by atomic mass is 16.5. The van der Waals surface area contributed by atoms with Gasteiger partial charge in [-0.25, -0.2) is 9.53 Å². The van der Waals surface area contributed by atoms with Crippen LogP contribution >= 0.6 is 0 Å². The zero-order valence-electron chi connectivity index (χ0n) is 7.03. The van der Waals surface area contributed by atoms with E-state index in [0.29, 0.717) is 11.3 Å². The molecule has 0 aromatic rings. The summed E-state index contributed by atoms with van der Waals surface area (Å²) in [5.74, 6) is -0.587. The van der Waals surface area contributed by atoms with Crippen LogP contribution in [0.2, 0.25) is 0 Å². The molecule has 64 valence electrons. The largest absolute Gasteiger partial charge is 0.623 e. The molecule has 0 aliphatic heterocycles. The molecule has 11 heavy (non-hydrogen) atoms. The van der Waals surface area contributed by atoms with Crippen molar-refractivity contribution in [1.82, 2.24) is 0 Å². The third kappa shape index (κ3) is 4.36. The molecule has 0 atom stereocenters. The van der Waals surface area contributed by atoms with Gasteiger partial charge < -0.3 is 9.94 Å². The lowest BCUT2D eigenvalue weighted by atomic mass is 10.4. The van der Waals surface area contributed by atoms with Crippen molar-refractivity contribution in [3.05, 3.63) is 5.21 Å². The van der Waals surface area contributed by atoms with E-state index >= 15 is 0 Å². The maximum absolute atomic E-state index is 10.8. The van der Waals surface area contributed by atoms with Crippen LogP contribution < -0.4 is 0 Å². The second kappa shape index (κ2) is 4.71. The third-order valence-electron chi connectivity index (χ3n) is 1.03. The highest BCUT2D eigenvalue weighted by molar-refractivity contribution is 6.20. The van der Waals surface area contributed by atoms with Gasteiger partial charge >= 0.3 is 5.97 Å². The van der Waals surface area contributed by atoms with E-state index in [2.05, 4.69) is 4.74 Å². The molecule has 0 bridgehead atoms. The Hall–Kier alpha value is -1.06. The van der Waals surface area contributed by atoms with Crippen LogP contribution in [0.3, 0.4) is 0 Å². The first kappa shape index (κ1) is 9.94. The van der Waals surface area contributed by atoms with Gasteiger partial charge in [0.05, 0.1) is 6.61 Å². The summed E-state index contributed by atoms with van der Waals surface area (Å²) in [5.41, 5.74) is 0. The summed E-state index contributed by atoms with van der Waals surface area (Å²) in [6.07, 6.45) is 0.911. The number of rotatable bonds is 3. The lowest BCUT2D eigenvalue weighted by Gasteiger charge is -2.05. The number of carbonyl (C=O) groups is 1. The number of hydrogen-bond acceptors (Lipinski definition) is 3. The topological polar surface area (TPSA) is 52.4 Å². The van der Waals surface area contributed by atoms with Gasteiger partial charge in [-0.15, -0.1) is 0 Å². The molecular formula is C7H13NO3. The number of hydroxylamine groups is 1. The number of nitrogens with zero attached hydrogens (tertiary/aromatic N) is 1. The normalized spacial score (nSPS) is 11.8. The quantitative estimate of drug-likeness (QED) is 0.198. The molecule has 0 radical (unpaired) electrons. The van der Waals surface area contributed by atoms with Crippen molar-refractivity contribution < 1.29 is 14.3 Å². The Balaban J connectivity index is 3.97. The first-order chi connectivity index (χ1) is 5.07. The fourth-order valence-electron chi connectivity index (χ4n) is 0.432. The second-order valence-corrected chi connectivity index (χ2v) is 2.33. The Kier molecular flexibility index (Phi) is 4.26. The minimum absolute atomic E-state index is 0.223. The Morgan fingerprint density at radius 1 is 1.73 bits per heavy atom. The van der Waals surface area contributed by atoms with Crippen molar-refractivity contribution in [2.75, 3.05) is 6.61 Å². The maximum Gasteiger partial charge on any atom is 0.396 e. The van der Waals surface area contributed by atoms with Crippen LogP contribution in [0.25, 0.3) is 0 Å². The molecule has 0 aromatic carbocycles. The highest BCUT2D eigenvalue weighted by Crippen LogP contribution is 1.84. The van der Waals surface area contributed by atoms with E-state index in [-0.39, 0.29) is 6.04 Å². The van der Waals surface area contributed by atoms with E-state index < -0.39 is 5.97 Å². The van der Waals surface area contributed by atoms with Crippen LogP contribution in [-0.2, 0) is 9.53 Å². The Morgan fingerprint density at radius 3 is 2.64 bits per heavy atom. The van der Waals surface area contributed by atoms with E-state index in [1.54, 1.807) is 20.8 Å². The van der Waals surface area contributed by atoms with Crippen molar-refractivity contribution in [2.24, 2.45) is 0 Å². The van der Waals surface area contributed by atoms with Gasteiger partial charge in [-0.05, 0) is 20.8 Å². The molecule has 0 spiro atoms. The molecule has 0 rings (SSSR count). The van der Waals surface area contributed by atoms with Gasteiger partial charge in [0.2, 0.25) is 0 Å². The van der Waals surface area contributed by atoms with Crippen molar-refractivity contribution in [3.63, 3.8) is 0 Å². The molecule has 4 heteroatoms. The summed E-state index contributed by atoms with van der Waals surface area (Å²) >= 11 is 0. The van der Waals surface area contributed by atoms with Crippen molar-refractivity contribution >= 4 is 12.2 Å². The van der Waals surface area contributed by atoms with Crippen LogP contribution in [0.4, 0.5) is 0 Å². The zero-order chi connectivity index (χ0) is 8.85. The lowest BCUT2D eigenvalue weighted by molar-refractivity contribution is -0.487. The lowest BCUT2D eigenvalue weighted by Crippen LogP contribution is -2.20. The molecule has 0 unspecified atom stereocenters. The van der Waals surface area contributed by atoms with Crippen molar-refractivity contribution in [2.45, 2.75) is 26.8 Å². The number of carbonyl (C=O) groups excluding carboxylic acids is 1. The Bertz CT molecular complexity index is 163. The van der Waals surface area contributed by atoms with Gasteiger partial charge in [-0.2, -0.15) is 0 Å². The average Bonchev–Trinajstić information content (AvgIpc) is 1.87. The van der Waals surface area contributed by atoms with Crippen LogP contribution in [-0.4, -0.2) is 29.6 Å². The van der Waals surface area contributed by atoms with E-state index in [1.165, 1.54) is 0 Å². The molecule has 0 N–H and O–H groups in total. The van der Waals surface area contributed by atoms with Gasteiger partial charge in [0.15, 0.2) is 6.04 Å². The van der Waals surface area contributed by atoms with Crippen LogP contribution in [0.1, 0.15) is 20.8 Å². The van der Waals surface area contributed by atoms with Crippen molar-refractivity contribution in [1.29, 1.82) is 0 Å². The predicted molar refractivity (Wildman–Crippen MR) is 41.5 cm³/mol. The molecule has 0 saturated carbocycles. The first-order valence-electron chi connectivity index (χ1n) is 3.55. The predicted octanol–water partition coefficient (Wildman–Crippen LogP) is 0.539. The van der Waals surface area contributed by atoms with E-state index in [0.717, 1.165) is 6.21 Å². The fourth-order valence-corrected chi connectivity index (χ4v) is 0.432. The van der Waals surface area contributed by atoms with Gasteiger partial charge in [0, 0.05) is 0 Å². The molecule has 0 aromatic heterocycles. The minimum Gasteiger partial charge on any atom is -0.623 e. The number of hydrogen-bond donors (Lipinski definition) is 0. The smallest absolute Gasteiger partial charge is 0.396 e. The summed E-state index contributed by atoms with van der Waals surface area (Å²) in [6, 6.07) is -0.223. The molecule has 0 amide bonds. The summed E-state index contributed by atoms with van der Waals surface area (Å²) in [6.45, 7) is 5.38. The summed E-state index contributed by atoms with van der Waals surface area (Å²) < 4.78 is 5.09. The molecular weight excluding hydrogens is 146 g/mol. The molecule has 0 saturated heterocycles. The van der Waals surface area contributed by atoms with Crippen LogP contribution in [0, 0.1) is 5.21 Å². The van der Waals surface area contributed by atoms with Crippen LogP contribution in [0.5, 0.6) is 0 Å². The Morgan fingerprint density at radius 2 is 2.27 bits per heavy atom. The highest BCUT2D eigenvalue weighted by Gasteiger charge is 2.05. The monoisotopic (exact) mass is 159 g/mol. The van der Waals surface area contributed by atoms with Gasteiger partial charge in [-0.3, -0.25) is 0 Å². The number of esters is 1. The fraction of sp³-hybridized carbons (Fsp3) is 0.714. The Labute approximate surface area is 66.1 Å². The van der Waals surface area contributed by atoms with E-state index in [9.17, 15) is 10.0 Å². The summed E-state index contributed by atoms with van der Waals surface area (Å²) in [7, 11) is 0. The van der Waals surface area contributed by atoms with Gasteiger partial charge in [-0.1, -0.05) is 0 Å². The summed E-state index contributed by atoms with van der Waals surface area (Å²) in [5, 5.41) is 10.8. The molecule has 0 heterocycles. The summed E-state index contributed by atoms with van der Waals surface area (Å²) in [4.78, 5) is 10.6. The standard InChI is InChI=1S/C7H13NO3/c1-4-11-7(9)5-8(10)6(2)3/h5-6H,4H2,1-3H3. The second-order valence-electron chi connectivity index (χ2n) is 2.33. The first-order valence-corrected chi connectivity index (χ1v) is 3.55. The molecule has 0 aliphatic carbocycles. The van der Waals surface area contributed by atoms with Crippen molar-refractivity contribution in [3.8, 4) is 0 Å². The third-order valence-corrected chi connectivity index (χ3v) is 1.03. The van der Waals surface area contributed by atoms with Crippen LogP contribution in [0.15, 0.2) is 0 Å². The number of ether oxygens (including phenoxy) is 1. The molecule has 0 aliphatic rings. The zero-order valence-corrected chi connectivity index (χ0v) is 7.03. The maximum atomic E-state index is 10.8. The SMILES string of the molecule is CCOC(=O)C=[N+]([O-])C(C)C. The van der Waals surface area contributed by atoms with Gasteiger partial charge in [0.25, 0.3) is 6.21 Å². The molecule has 4 nitrogen and oxygen atoms in total. The van der Waals surface area contributed by atoms with E-state index in [1.807, 2.05) is 0 Å². The molecule has 0 fully saturated rings. The average molecular weight is 159 g/mol. The van der Waals surface area contributed by atoms with E-state index in [4.69, 9.17) is 0 Å². The minimum atomic E-state index is -0.587. The van der Waals surface area contributed by atoms with Gasteiger partial charge in [0.1, 0.15) is 0 Å².